The molecular weight excluding hydrogens is 271 g/mol. The number of phosphoric acid groups is 1. The van der Waals surface area contributed by atoms with E-state index in [-0.39, 0.29) is 26.2 Å². The zero-order chi connectivity index (χ0) is 14.7. The number of rotatable bonds is 10. The molecule has 6 nitrogen and oxygen atoms in total. The monoisotopic (exact) mass is 294 g/mol. The van der Waals surface area contributed by atoms with E-state index < -0.39 is 19.9 Å². The van der Waals surface area contributed by atoms with Crippen LogP contribution in [-0.2, 0) is 27.7 Å². The Morgan fingerprint density at radius 1 is 1.16 bits per heavy atom. The molecule has 0 unspecified atom stereocenters. The number of hydrogen-bond donors (Lipinski definition) is 0. The lowest BCUT2D eigenvalue weighted by molar-refractivity contribution is -0.152. The molecule has 0 aliphatic rings. The fraction of sp³-hybridized carbons (Fsp3) is 0.750. The number of esters is 1. The maximum Gasteiger partial charge on any atom is 0.475 e. The van der Waals surface area contributed by atoms with Gasteiger partial charge in [-0.05, 0) is 27.7 Å². The van der Waals surface area contributed by atoms with Gasteiger partial charge >= 0.3 is 13.8 Å². The Morgan fingerprint density at radius 3 is 2.16 bits per heavy atom. The number of carbonyl (C=O) groups is 1. The van der Waals surface area contributed by atoms with E-state index in [0.717, 1.165) is 0 Å². The quantitative estimate of drug-likeness (QED) is 0.350. The molecule has 0 amide bonds. The fourth-order valence-electron chi connectivity index (χ4n) is 1.25. The molecule has 112 valence electrons. The molecule has 0 heterocycles. The predicted octanol–water partition coefficient (Wildman–Crippen LogP) is 3.08. The molecule has 0 aromatic heterocycles. The Bertz CT molecular complexity index is 318. The highest BCUT2D eigenvalue weighted by Crippen LogP contribution is 2.50. The number of ether oxygens (including phenoxy) is 1. The van der Waals surface area contributed by atoms with Crippen molar-refractivity contribution in [3.8, 4) is 0 Å². The number of hydrogen-bond acceptors (Lipinski definition) is 6. The van der Waals surface area contributed by atoms with E-state index in [0.29, 0.717) is 0 Å². The minimum absolute atomic E-state index is 0.163. The Hall–Kier alpha value is -0.680. The van der Waals surface area contributed by atoms with E-state index in [1.807, 2.05) is 6.92 Å². The van der Waals surface area contributed by atoms with Crippen LogP contribution >= 0.6 is 7.82 Å². The molecule has 0 aromatic carbocycles. The third-order valence-electron chi connectivity index (χ3n) is 1.97. The summed E-state index contributed by atoms with van der Waals surface area (Å²) in [5.74, 6) is -0.583. The number of allylic oxidation sites excluding steroid dienone is 1. The fourth-order valence-corrected chi connectivity index (χ4v) is 2.56. The van der Waals surface area contributed by atoms with E-state index in [9.17, 15) is 9.36 Å². The minimum Gasteiger partial charge on any atom is -0.464 e. The van der Waals surface area contributed by atoms with E-state index >= 15 is 0 Å². The van der Waals surface area contributed by atoms with Crippen molar-refractivity contribution in [3.05, 3.63) is 12.2 Å². The Labute approximate surface area is 114 Å². The summed E-state index contributed by atoms with van der Waals surface area (Å²) >= 11 is 0. The van der Waals surface area contributed by atoms with Gasteiger partial charge in [0.2, 0.25) is 0 Å². The van der Waals surface area contributed by atoms with Gasteiger partial charge in [0.15, 0.2) is 6.10 Å². The second-order valence-corrected chi connectivity index (χ2v) is 5.06. The molecule has 19 heavy (non-hydrogen) atoms. The second kappa shape index (κ2) is 10.1. The molecule has 0 fully saturated rings. The molecule has 1 atom stereocenters. The summed E-state index contributed by atoms with van der Waals surface area (Å²) in [6, 6.07) is 0. The molecule has 0 saturated heterocycles. The van der Waals surface area contributed by atoms with Crippen molar-refractivity contribution < 1.29 is 27.7 Å². The zero-order valence-electron chi connectivity index (χ0n) is 12.0. The molecule has 0 aromatic rings. The van der Waals surface area contributed by atoms with E-state index in [4.69, 9.17) is 18.3 Å². The first-order valence-electron chi connectivity index (χ1n) is 6.38. The van der Waals surface area contributed by atoms with Crippen LogP contribution in [0.3, 0.4) is 0 Å². The second-order valence-electron chi connectivity index (χ2n) is 3.43. The van der Waals surface area contributed by atoms with Gasteiger partial charge in [0.1, 0.15) is 0 Å². The number of phosphoric ester groups is 1. The smallest absolute Gasteiger partial charge is 0.464 e. The zero-order valence-corrected chi connectivity index (χ0v) is 12.9. The average molecular weight is 294 g/mol. The molecule has 0 spiro atoms. The average Bonchev–Trinajstić information content (AvgIpc) is 2.35. The minimum atomic E-state index is -3.73. The van der Waals surface area contributed by atoms with Crippen LogP contribution in [0.5, 0.6) is 0 Å². The van der Waals surface area contributed by atoms with Gasteiger partial charge in [-0.25, -0.2) is 9.36 Å². The van der Waals surface area contributed by atoms with Gasteiger partial charge in [-0.3, -0.25) is 13.6 Å². The summed E-state index contributed by atoms with van der Waals surface area (Å²) in [5.41, 5.74) is 0. The topological polar surface area (TPSA) is 71.1 Å². The predicted molar refractivity (Wildman–Crippen MR) is 71.8 cm³/mol. The number of carbonyl (C=O) groups excluding carboxylic acids is 1. The van der Waals surface area contributed by atoms with Crippen molar-refractivity contribution >= 4 is 13.8 Å². The highest BCUT2D eigenvalue weighted by molar-refractivity contribution is 7.48. The standard InChI is InChI=1S/C12H23O6P/c1-5-9-10-11(12(13)15-6-2)18-19(14,16-7-3)17-8-4/h5,9,11H,6-8,10H2,1-4H3/b9-5+/t11-/m0/s1. The van der Waals surface area contributed by atoms with Gasteiger partial charge in [0, 0.05) is 6.42 Å². The van der Waals surface area contributed by atoms with Crippen molar-refractivity contribution in [2.45, 2.75) is 40.2 Å². The van der Waals surface area contributed by atoms with Crippen LogP contribution in [0.1, 0.15) is 34.1 Å². The summed E-state index contributed by atoms with van der Waals surface area (Å²) in [6.07, 6.45) is 2.74. The lowest BCUT2D eigenvalue weighted by atomic mass is 10.2. The van der Waals surface area contributed by atoms with Crippen molar-refractivity contribution in [2.75, 3.05) is 19.8 Å². The highest BCUT2D eigenvalue weighted by atomic mass is 31.2. The van der Waals surface area contributed by atoms with Crippen molar-refractivity contribution in [1.29, 1.82) is 0 Å². The Kier molecular flexibility index (Phi) is 9.79. The summed E-state index contributed by atoms with van der Waals surface area (Å²) in [5, 5.41) is 0. The van der Waals surface area contributed by atoms with Gasteiger partial charge in [0.25, 0.3) is 0 Å². The van der Waals surface area contributed by atoms with Crippen LogP contribution in [0.15, 0.2) is 12.2 Å². The lowest BCUT2D eigenvalue weighted by Gasteiger charge is -2.21. The van der Waals surface area contributed by atoms with Crippen molar-refractivity contribution in [1.82, 2.24) is 0 Å². The van der Waals surface area contributed by atoms with Crippen LogP contribution < -0.4 is 0 Å². The summed E-state index contributed by atoms with van der Waals surface area (Å²) in [7, 11) is -3.73. The first-order valence-corrected chi connectivity index (χ1v) is 7.84. The maximum atomic E-state index is 12.2. The first-order chi connectivity index (χ1) is 9.02. The normalized spacial score (nSPS) is 13.7. The largest absolute Gasteiger partial charge is 0.475 e. The third kappa shape index (κ3) is 7.47. The van der Waals surface area contributed by atoms with Crippen molar-refractivity contribution in [3.63, 3.8) is 0 Å². The van der Waals surface area contributed by atoms with Gasteiger partial charge in [-0.15, -0.1) is 0 Å². The molecular formula is C12H23O6P. The van der Waals surface area contributed by atoms with Gasteiger partial charge in [-0.2, -0.15) is 0 Å². The molecule has 0 aliphatic heterocycles. The van der Waals surface area contributed by atoms with E-state index in [1.54, 1.807) is 32.9 Å². The maximum absolute atomic E-state index is 12.2. The van der Waals surface area contributed by atoms with Crippen molar-refractivity contribution in [2.24, 2.45) is 0 Å². The molecule has 0 rings (SSSR count). The molecule has 0 radical (unpaired) electrons. The first kappa shape index (κ1) is 18.3. The lowest BCUT2D eigenvalue weighted by Crippen LogP contribution is -2.26. The molecule has 0 aliphatic carbocycles. The van der Waals surface area contributed by atoms with Crippen LogP contribution in [0, 0.1) is 0 Å². The summed E-state index contributed by atoms with van der Waals surface area (Å²) < 4.78 is 32.3. The summed E-state index contributed by atoms with van der Waals surface area (Å²) in [4.78, 5) is 11.7. The third-order valence-corrected chi connectivity index (χ3v) is 3.63. The SMILES string of the molecule is C/C=C/C[C@H](OP(=O)(OCC)OCC)C(=O)OCC. The van der Waals surface area contributed by atoms with Crippen LogP contribution in [-0.4, -0.2) is 31.9 Å². The van der Waals surface area contributed by atoms with E-state index in [1.165, 1.54) is 0 Å². The highest BCUT2D eigenvalue weighted by Gasteiger charge is 2.33. The van der Waals surface area contributed by atoms with Gasteiger partial charge in [0.05, 0.1) is 19.8 Å². The molecule has 0 saturated carbocycles. The Morgan fingerprint density at radius 2 is 1.74 bits per heavy atom. The Balaban J connectivity index is 4.83. The van der Waals surface area contributed by atoms with E-state index in [2.05, 4.69) is 0 Å². The van der Waals surface area contributed by atoms with Crippen LogP contribution in [0.4, 0.5) is 0 Å². The van der Waals surface area contributed by atoms with Crippen LogP contribution in [0.2, 0.25) is 0 Å². The molecule has 0 bridgehead atoms. The van der Waals surface area contributed by atoms with Gasteiger partial charge in [-0.1, -0.05) is 12.2 Å². The van der Waals surface area contributed by atoms with Crippen LogP contribution in [0.25, 0.3) is 0 Å². The molecule has 0 N–H and O–H groups in total. The van der Waals surface area contributed by atoms with Gasteiger partial charge < -0.3 is 4.74 Å². The summed E-state index contributed by atoms with van der Waals surface area (Å²) in [6.45, 7) is 7.39. The molecule has 7 heteroatoms.